The summed E-state index contributed by atoms with van der Waals surface area (Å²) in [4.78, 5) is 21.8. The minimum Gasteiger partial charge on any atom is -0.493 e. The van der Waals surface area contributed by atoms with E-state index in [0.717, 1.165) is 5.56 Å². The second-order valence-corrected chi connectivity index (χ2v) is 8.02. The van der Waals surface area contributed by atoms with Gasteiger partial charge in [0, 0.05) is 47.4 Å². The van der Waals surface area contributed by atoms with E-state index in [1.54, 1.807) is 43.5 Å². The summed E-state index contributed by atoms with van der Waals surface area (Å²) in [5, 5.41) is 29.3. The number of benzene rings is 3. The summed E-state index contributed by atoms with van der Waals surface area (Å²) in [6, 6.07) is 15.7. The predicted octanol–water partition coefficient (Wildman–Crippen LogP) is 4.76. The van der Waals surface area contributed by atoms with Crippen molar-refractivity contribution in [2.75, 3.05) is 14.2 Å². The molecule has 0 spiro atoms. The molecule has 0 saturated heterocycles. The van der Waals surface area contributed by atoms with E-state index in [2.05, 4.69) is 0 Å². The van der Waals surface area contributed by atoms with E-state index in [1.165, 1.54) is 24.3 Å². The molecule has 2 aliphatic rings. The van der Waals surface area contributed by atoms with E-state index in [1.807, 2.05) is 12.1 Å². The van der Waals surface area contributed by atoms with Gasteiger partial charge in [-0.3, -0.25) is 20.2 Å². The highest BCUT2D eigenvalue weighted by Crippen LogP contribution is 2.49. The minimum absolute atomic E-state index is 0.0549. The number of fused-ring (bicyclic) bond motifs is 3. The van der Waals surface area contributed by atoms with Crippen LogP contribution in [0.3, 0.4) is 0 Å². The van der Waals surface area contributed by atoms with E-state index >= 15 is 0 Å². The summed E-state index contributed by atoms with van der Waals surface area (Å²) in [5.41, 5.74) is 2.56. The van der Waals surface area contributed by atoms with Crippen LogP contribution in [-0.2, 0) is 0 Å². The molecular weight excluding hydrogens is 456 g/mol. The van der Waals surface area contributed by atoms with E-state index in [0.29, 0.717) is 40.5 Å². The van der Waals surface area contributed by atoms with Gasteiger partial charge in [0.2, 0.25) is 6.23 Å². The van der Waals surface area contributed by atoms with Gasteiger partial charge in [-0.25, -0.2) is 5.01 Å². The van der Waals surface area contributed by atoms with Gasteiger partial charge >= 0.3 is 0 Å². The van der Waals surface area contributed by atoms with Gasteiger partial charge in [0.25, 0.3) is 11.4 Å². The van der Waals surface area contributed by atoms with Crippen LogP contribution in [0, 0.1) is 20.2 Å². The molecule has 0 aliphatic carbocycles. The van der Waals surface area contributed by atoms with Crippen molar-refractivity contribution in [3.63, 3.8) is 0 Å². The Balaban J connectivity index is 1.61. The topological polar surface area (TPSA) is 130 Å². The molecular formula is C24H20N4O7. The molecule has 3 aromatic rings. The summed E-state index contributed by atoms with van der Waals surface area (Å²) >= 11 is 0. The Kier molecular flexibility index (Phi) is 5.44. The number of hydrazone groups is 1. The average Bonchev–Trinajstić information content (AvgIpc) is 3.33. The van der Waals surface area contributed by atoms with Crippen molar-refractivity contribution in [1.29, 1.82) is 0 Å². The number of nitro benzene ring substituents is 2. The number of rotatable bonds is 6. The van der Waals surface area contributed by atoms with Crippen LogP contribution < -0.4 is 14.2 Å². The Morgan fingerprint density at radius 3 is 2.40 bits per heavy atom. The quantitative estimate of drug-likeness (QED) is 0.368. The fourth-order valence-corrected chi connectivity index (χ4v) is 4.39. The van der Waals surface area contributed by atoms with Crippen molar-refractivity contribution in [2.24, 2.45) is 5.10 Å². The lowest BCUT2D eigenvalue weighted by Crippen LogP contribution is -2.33. The van der Waals surface area contributed by atoms with Crippen molar-refractivity contribution in [3.8, 4) is 17.2 Å². The zero-order valence-electron chi connectivity index (χ0n) is 18.8. The summed E-state index contributed by atoms with van der Waals surface area (Å²) < 4.78 is 16.9. The number of methoxy groups -OCH3 is 2. The molecule has 2 atom stereocenters. The van der Waals surface area contributed by atoms with Crippen LogP contribution in [0.2, 0.25) is 0 Å². The van der Waals surface area contributed by atoms with Crippen molar-refractivity contribution >= 4 is 17.1 Å². The molecule has 0 amide bonds. The molecule has 11 nitrogen and oxygen atoms in total. The second kappa shape index (κ2) is 8.60. The van der Waals surface area contributed by atoms with Gasteiger partial charge < -0.3 is 14.2 Å². The third kappa shape index (κ3) is 3.86. The Labute approximate surface area is 199 Å². The smallest absolute Gasteiger partial charge is 0.270 e. The molecule has 35 heavy (non-hydrogen) atoms. The minimum atomic E-state index is -0.758. The summed E-state index contributed by atoms with van der Waals surface area (Å²) in [6.45, 7) is 0. The highest BCUT2D eigenvalue weighted by atomic mass is 16.6. The van der Waals surface area contributed by atoms with Gasteiger partial charge in [-0.1, -0.05) is 12.1 Å². The molecule has 11 heteroatoms. The lowest BCUT2D eigenvalue weighted by molar-refractivity contribution is -0.385. The summed E-state index contributed by atoms with van der Waals surface area (Å²) in [7, 11) is 3.10. The monoisotopic (exact) mass is 476 g/mol. The Hall–Kier alpha value is -4.67. The van der Waals surface area contributed by atoms with Crippen LogP contribution in [0.15, 0.2) is 65.8 Å². The molecule has 0 radical (unpaired) electrons. The van der Waals surface area contributed by atoms with Crippen LogP contribution in [0.1, 0.15) is 35.4 Å². The maximum atomic E-state index is 11.4. The molecule has 0 fully saturated rings. The van der Waals surface area contributed by atoms with E-state index in [9.17, 15) is 20.2 Å². The number of hydrogen-bond acceptors (Lipinski definition) is 9. The van der Waals surface area contributed by atoms with Crippen LogP contribution >= 0.6 is 0 Å². The first kappa shape index (κ1) is 22.1. The molecule has 0 unspecified atom stereocenters. The van der Waals surface area contributed by atoms with Crippen LogP contribution in [0.5, 0.6) is 17.2 Å². The molecule has 2 aliphatic heterocycles. The van der Waals surface area contributed by atoms with Crippen molar-refractivity contribution < 1.29 is 24.1 Å². The number of ether oxygens (including phenoxy) is 3. The van der Waals surface area contributed by atoms with Crippen LogP contribution in [-0.4, -0.2) is 34.8 Å². The van der Waals surface area contributed by atoms with Gasteiger partial charge in [-0.2, -0.15) is 5.10 Å². The fraction of sp³-hybridized carbons (Fsp3) is 0.208. The summed E-state index contributed by atoms with van der Waals surface area (Å²) in [5.74, 6) is 1.59. The maximum Gasteiger partial charge on any atom is 0.270 e. The van der Waals surface area contributed by atoms with Crippen molar-refractivity contribution in [3.05, 3.63) is 97.6 Å². The molecule has 0 N–H and O–H groups in total. The number of nitro groups is 2. The third-order valence-corrected chi connectivity index (χ3v) is 6.07. The maximum absolute atomic E-state index is 11.4. The summed E-state index contributed by atoms with van der Waals surface area (Å²) in [6.07, 6.45) is -0.315. The van der Waals surface area contributed by atoms with Gasteiger partial charge in [-0.15, -0.1) is 0 Å². The zero-order valence-corrected chi connectivity index (χ0v) is 18.8. The number of nitrogens with zero attached hydrogens (tertiary/aromatic N) is 4. The molecule has 0 saturated carbocycles. The van der Waals surface area contributed by atoms with Gasteiger partial charge in [0.15, 0.2) is 11.5 Å². The van der Waals surface area contributed by atoms with Crippen LogP contribution in [0.25, 0.3) is 0 Å². The lowest BCUT2D eigenvalue weighted by atomic mass is 9.95. The van der Waals surface area contributed by atoms with E-state index < -0.39 is 16.1 Å². The molecule has 5 rings (SSSR count). The molecule has 3 aromatic carbocycles. The normalized spacial score (nSPS) is 18.1. The standard InChI is InChI=1S/C24H20N4O7/c1-33-22-8-6-14(11-23(22)34-2)19-13-20-18-12-17(28(31)32)7-9-21(18)35-24(26(20)25-19)15-4-3-5-16(10-15)27(29)30/h3-12,20,24H,13H2,1-2H3/t20-,24+/m0/s1. The zero-order chi connectivity index (χ0) is 24.7. The predicted molar refractivity (Wildman–Crippen MR) is 125 cm³/mol. The van der Waals surface area contributed by atoms with E-state index in [4.69, 9.17) is 19.3 Å². The Morgan fingerprint density at radius 2 is 1.69 bits per heavy atom. The molecule has 0 aromatic heterocycles. The Bertz CT molecular complexity index is 1370. The van der Waals surface area contributed by atoms with Gasteiger partial charge in [0.1, 0.15) is 5.75 Å². The fourth-order valence-electron chi connectivity index (χ4n) is 4.39. The molecule has 178 valence electrons. The lowest BCUT2D eigenvalue weighted by Gasteiger charge is -2.38. The second-order valence-electron chi connectivity index (χ2n) is 8.02. The molecule has 2 heterocycles. The Morgan fingerprint density at radius 1 is 0.943 bits per heavy atom. The van der Waals surface area contributed by atoms with Gasteiger partial charge in [0.05, 0.1) is 35.8 Å². The first-order valence-corrected chi connectivity index (χ1v) is 10.7. The first-order valence-electron chi connectivity index (χ1n) is 10.7. The van der Waals surface area contributed by atoms with Crippen molar-refractivity contribution in [2.45, 2.75) is 18.7 Å². The number of non-ortho nitro benzene ring substituents is 2. The highest BCUT2D eigenvalue weighted by Gasteiger charge is 2.42. The molecule has 0 bridgehead atoms. The highest BCUT2D eigenvalue weighted by molar-refractivity contribution is 6.02. The van der Waals surface area contributed by atoms with Crippen molar-refractivity contribution in [1.82, 2.24) is 5.01 Å². The van der Waals surface area contributed by atoms with Crippen LogP contribution in [0.4, 0.5) is 11.4 Å². The third-order valence-electron chi connectivity index (χ3n) is 6.07. The number of hydrogen-bond donors (Lipinski definition) is 0. The average molecular weight is 476 g/mol. The SMILES string of the molecule is COc1ccc(C2=NN3[C@@H](c4cccc([N+](=O)[O-])c4)Oc4ccc([N+](=O)[O-])cc4[C@@H]3C2)cc1OC. The van der Waals surface area contributed by atoms with E-state index in [-0.39, 0.29) is 17.4 Å². The first-order chi connectivity index (χ1) is 16.9. The largest absolute Gasteiger partial charge is 0.493 e. The van der Waals surface area contributed by atoms with Gasteiger partial charge in [-0.05, 0) is 24.3 Å².